The SMILES string of the molecule is CC[Si]1(C)O[Si](C)(C)O[Si](C)(C)O[Si](C)(CC)O1. The highest BCUT2D eigenvalue weighted by molar-refractivity contribution is 6.93. The van der Waals surface area contributed by atoms with Crippen LogP contribution in [-0.2, 0) is 16.5 Å². The fourth-order valence-electron chi connectivity index (χ4n) is 2.46. The second-order valence-electron chi connectivity index (χ2n) is 6.18. The predicted octanol–water partition coefficient (Wildman–Crippen LogP) is 3.65. The summed E-state index contributed by atoms with van der Waals surface area (Å²) in [5.74, 6) is 0. The van der Waals surface area contributed by atoms with Gasteiger partial charge in [0.25, 0.3) is 0 Å². The molecule has 0 aliphatic carbocycles. The van der Waals surface area contributed by atoms with Crippen LogP contribution < -0.4 is 0 Å². The monoisotopic (exact) mass is 324 g/mol. The zero-order valence-electron chi connectivity index (χ0n) is 13.0. The van der Waals surface area contributed by atoms with Crippen LogP contribution >= 0.6 is 0 Å². The molecule has 0 spiro atoms. The Labute approximate surface area is 116 Å². The van der Waals surface area contributed by atoms with Crippen molar-refractivity contribution in [2.75, 3.05) is 0 Å². The van der Waals surface area contributed by atoms with Gasteiger partial charge in [-0.05, 0) is 51.4 Å². The van der Waals surface area contributed by atoms with Crippen molar-refractivity contribution in [3.8, 4) is 0 Å². The van der Waals surface area contributed by atoms with Crippen LogP contribution in [0.5, 0.6) is 0 Å². The first-order chi connectivity index (χ1) is 7.95. The lowest BCUT2D eigenvalue weighted by Gasteiger charge is -2.48. The topological polar surface area (TPSA) is 36.9 Å². The van der Waals surface area contributed by atoms with Crippen molar-refractivity contribution in [3.63, 3.8) is 0 Å². The van der Waals surface area contributed by atoms with Crippen LogP contribution in [0, 0.1) is 0 Å². The Kier molecular flexibility index (Phi) is 4.88. The van der Waals surface area contributed by atoms with E-state index < -0.39 is 34.2 Å². The summed E-state index contributed by atoms with van der Waals surface area (Å²) in [6.07, 6.45) is 0. The first-order valence-corrected chi connectivity index (χ1v) is 17.4. The van der Waals surface area contributed by atoms with Gasteiger partial charge >= 0.3 is 34.2 Å². The largest absolute Gasteiger partial charge is 0.416 e. The van der Waals surface area contributed by atoms with E-state index in [1.165, 1.54) is 0 Å². The lowest BCUT2D eigenvalue weighted by atomic mass is 11.0. The lowest BCUT2D eigenvalue weighted by molar-refractivity contribution is 0.231. The van der Waals surface area contributed by atoms with Crippen LogP contribution in [0.3, 0.4) is 0 Å². The third-order valence-electron chi connectivity index (χ3n) is 3.13. The van der Waals surface area contributed by atoms with Gasteiger partial charge in [0.05, 0.1) is 0 Å². The van der Waals surface area contributed by atoms with Crippen LogP contribution in [0.2, 0.25) is 51.4 Å². The van der Waals surface area contributed by atoms with Gasteiger partial charge in [-0.25, -0.2) is 0 Å². The second-order valence-corrected chi connectivity index (χ2v) is 21.0. The van der Waals surface area contributed by atoms with Gasteiger partial charge in [-0.2, -0.15) is 0 Å². The molecular weight excluding hydrogens is 296 g/mol. The minimum absolute atomic E-state index is 0.945. The highest BCUT2D eigenvalue weighted by Crippen LogP contribution is 2.33. The van der Waals surface area contributed by atoms with Crippen molar-refractivity contribution in [2.24, 2.45) is 0 Å². The molecule has 0 aromatic rings. The normalized spacial score (nSPS) is 40.0. The highest BCUT2D eigenvalue weighted by Gasteiger charge is 2.52. The van der Waals surface area contributed by atoms with Crippen LogP contribution in [0.4, 0.5) is 0 Å². The van der Waals surface area contributed by atoms with Gasteiger partial charge in [0.1, 0.15) is 0 Å². The molecule has 2 atom stereocenters. The van der Waals surface area contributed by atoms with E-state index in [-0.39, 0.29) is 0 Å². The molecule has 0 radical (unpaired) electrons. The molecule has 8 heteroatoms. The summed E-state index contributed by atoms with van der Waals surface area (Å²) in [5, 5.41) is 0. The molecule has 0 bridgehead atoms. The summed E-state index contributed by atoms with van der Waals surface area (Å²) in [6.45, 7) is 17.0. The van der Waals surface area contributed by atoms with Crippen molar-refractivity contribution < 1.29 is 16.5 Å². The van der Waals surface area contributed by atoms with E-state index in [9.17, 15) is 0 Å². The molecule has 18 heavy (non-hydrogen) atoms. The minimum atomic E-state index is -2.15. The predicted molar refractivity (Wildman–Crippen MR) is 83.5 cm³/mol. The van der Waals surface area contributed by atoms with Gasteiger partial charge in [0.15, 0.2) is 0 Å². The lowest BCUT2D eigenvalue weighted by Crippen LogP contribution is -2.65. The van der Waals surface area contributed by atoms with Crippen molar-refractivity contribution in [2.45, 2.75) is 65.2 Å². The van der Waals surface area contributed by atoms with Gasteiger partial charge in [-0.15, -0.1) is 0 Å². The molecule has 1 aliphatic rings. The van der Waals surface area contributed by atoms with Crippen molar-refractivity contribution in [3.05, 3.63) is 0 Å². The Morgan fingerprint density at radius 2 is 0.889 bits per heavy atom. The molecule has 4 nitrogen and oxygen atoms in total. The molecule has 0 saturated carbocycles. The van der Waals surface area contributed by atoms with Gasteiger partial charge in [-0.3, -0.25) is 0 Å². The molecule has 1 aliphatic heterocycles. The molecule has 0 aromatic heterocycles. The summed E-state index contributed by atoms with van der Waals surface area (Å²) in [7, 11) is -8.59. The zero-order valence-corrected chi connectivity index (χ0v) is 17.0. The molecule has 1 saturated heterocycles. The molecular formula is C10H28O4Si4. The van der Waals surface area contributed by atoms with E-state index in [2.05, 4.69) is 53.1 Å². The zero-order chi connectivity index (χ0) is 14.2. The number of hydrogen-bond acceptors (Lipinski definition) is 4. The summed E-state index contributed by atoms with van der Waals surface area (Å²) in [5.41, 5.74) is 0. The van der Waals surface area contributed by atoms with E-state index in [0.29, 0.717) is 0 Å². The standard InChI is InChI=1S/C10H28O4Si4/c1-9-17(7)12-15(3,4)11-16(5,6)13-18(8,10-2)14-17/h9-10H2,1-8H3. The van der Waals surface area contributed by atoms with Crippen LogP contribution in [0.25, 0.3) is 0 Å². The molecule has 1 heterocycles. The molecule has 2 unspecified atom stereocenters. The van der Waals surface area contributed by atoms with Crippen molar-refractivity contribution in [1.82, 2.24) is 0 Å². The Hall–Kier alpha value is 0.708. The maximum absolute atomic E-state index is 6.46. The Bertz CT molecular complexity index is 284. The van der Waals surface area contributed by atoms with E-state index in [0.717, 1.165) is 12.1 Å². The molecule has 1 fully saturated rings. The van der Waals surface area contributed by atoms with Crippen LogP contribution in [0.1, 0.15) is 13.8 Å². The van der Waals surface area contributed by atoms with Crippen molar-refractivity contribution >= 4 is 34.2 Å². The molecule has 1 rings (SSSR count). The van der Waals surface area contributed by atoms with E-state index >= 15 is 0 Å². The fraction of sp³-hybridized carbons (Fsp3) is 1.00. The first-order valence-electron chi connectivity index (χ1n) is 6.75. The third kappa shape index (κ3) is 4.37. The minimum Gasteiger partial charge on any atom is -0.416 e. The van der Waals surface area contributed by atoms with Crippen LogP contribution in [0.15, 0.2) is 0 Å². The fourth-order valence-corrected chi connectivity index (χ4v) is 23.6. The Balaban J connectivity index is 3.07. The van der Waals surface area contributed by atoms with Crippen molar-refractivity contribution in [1.29, 1.82) is 0 Å². The summed E-state index contributed by atoms with van der Waals surface area (Å²) >= 11 is 0. The molecule has 0 aromatic carbocycles. The van der Waals surface area contributed by atoms with Crippen LogP contribution in [-0.4, -0.2) is 34.2 Å². The smallest absolute Gasteiger partial charge is 0.317 e. The maximum atomic E-state index is 6.46. The molecule has 108 valence electrons. The summed E-state index contributed by atoms with van der Waals surface area (Å²) in [4.78, 5) is 0. The van der Waals surface area contributed by atoms with Gasteiger partial charge < -0.3 is 16.5 Å². The second kappa shape index (κ2) is 5.24. The van der Waals surface area contributed by atoms with Gasteiger partial charge in [-0.1, -0.05) is 13.8 Å². The first kappa shape index (κ1) is 16.8. The van der Waals surface area contributed by atoms with E-state index in [1.54, 1.807) is 0 Å². The number of rotatable bonds is 2. The Morgan fingerprint density at radius 3 is 1.17 bits per heavy atom. The van der Waals surface area contributed by atoms with E-state index in [4.69, 9.17) is 16.5 Å². The highest BCUT2D eigenvalue weighted by atomic mass is 28.5. The number of hydrogen-bond donors (Lipinski definition) is 0. The average molecular weight is 325 g/mol. The quantitative estimate of drug-likeness (QED) is 0.727. The average Bonchev–Trinajstić information content (AvgIpc) is 2.11. The van der Waals surface area contributed by atoms with Gasteiger partial charge in [0, 0.05) is 0 Å². The molecule has 0 N–H and O–H groups in total. The molecule has 0 amide bonds. The van der Waals surface area contributed by atoms with E-state index in [1.807, 2.05) is 0 Å². The van der Waals surface area contributed by atoms with Gasteiger partial charge in [0.2, 0.25) is 0 Å². The summed E-state index contributed by atoms with van der Waals surface area (Å²) < 4.78 is 25.5. The maximum Gasteiger partial charge on any atom is 0.317 e. The Morgan fingerprint density at radius 1 is 0.556 bits per heavy atom. The third-order valence-corrected chi connectivity index (χ3v) is 20.5. The summed E-state index contributed by atoms with van der Waals surface area (Å²) in [6, 6.07) is 1.89.